The molecule has 3 aromatic carbocycles. The molecule has 0 aliphatic carbocycles. The SMILES string of the molecule is N=C(N)N1CCC[C@@H](CNC(=O)C(Cc2ccc(C(=O)O)cc2)NS(=O)(=O)c2ccc3ccccc3c2)C1. The summed E-state index contributed by atoms with van der Waals surface area (Å²) >= 11 is 0. The quantitative estimate of drug-likeness (QED) is 0.206. The monoisotopic (exact) mass is 537 g/mol. The molecule has 1 saturated heterocycles. The third-order valence-electron chi connectivity index (χ3n) is 6.71. The average molecular weight is 538 g/mol. The molecular formula is C27H31N5O5S. The Balaban J connectivity index is 1.53. The first-order valence-electron chi connectivity index (χ1n) is 12.3. The Hall–Kier alpha value is -3.96. The molecule has 2 atom stereocenters. The van der Waals surface area contributed by atoms with Gasteiger partial charge in [-0.15, -0.1) is 0 Å². The minimum absolute atomic E-state index is 0.00754. The number of carboxylic acid groups (broad SMARTS) is 1. The van der Waals surface area contributed by atoms with Crippen molar-refractivity contribution in [2.75, 3.05) is 19.6 Å². The lowest BCUT2D eigenvalue weighted by molar-refractivity contribution is -0.123. The van der Waals surface area contributed by atoms with Gasteiger partial charge >= 0.3 is 5.97 Å². The summed E-state index contributed by atoms with van der Waals surface area (Å²) in [6.45, 7) is 1.55. The van der Waals surface area contributed by atoms with E-state index >= 15 is 0 Å². The van der Waals surface area contributed by atoms with Gasteiger partial charge in [-0.05, 0) is 65.8 Å². The van der Waals surface area contributed by atoms with Crippen molar-refractivity contribution in [2.24, 2.45) is 11.7 Å². The number of nitrogens with two attached hydrogens (primary N) is 1. The Bertz CT molecular complexity index is 1440. The van der Waals surface area contributed by atoms with E-state index < -0.39 is 27.9 Å². The highest BCUT2D eigenvalue weighted by atomic mass is 32.2. The van der Waals surface area contributed by atoms with E-state index in [1.165, 1.54) is 18.2 Å². The summed E-state index contributed by atoms with van der Waals surface area (Å²) in [6.07, 6.45) is 1.73. The molecule has 3 aromatic rings. The Morgan fingerprint density at radius 2 is 1.79 bits per heavy atom. The lowest BCUT2D eigenvalue weighted by Crippen LogP contribution is -2.51. The van der Waals surface area contributed by atoms with Crippen molar-refractivity contribution in [1.82, 2.24) is 14.9 Å². The van der Waals surface area contributed by atoms with E-state index in [1.807, 2.05) is 24.3 Å². The second-order valence-electron chi connectivity index (χ2n) is 9.47. The van der Waals surface area contributed by atoms with E-state index in [2.05, 4.69) is 10.0 Å². The molecule has 4 rings (SSSR count). The first-order chi connectivity index (χ1) is 18.1. The largest absolute Gasteiger partial charge is 0.478 e. The smallest absolute Gasteiger partial charge is 0.335 e. The third kappa shape index (κ3) is 6.67. The lowest BCUT2D eigenvalue weighted by atomic mass is 9.98. The van der Waals surface area contributed by atoms with Gasteiger partial charge in [0, 0.05) is 19.6 Å². The number of hydrogen-bond acceptors (Lipinski definition) is 5. The number of benzene rings is 3. The number of nitrogens with zero attached hydrogens (tertiary/aromatic N) is 1. The van der Waals surface area contributed by atoms with Gasteiger partial charge < -0.3 is 21.1 Å². The van der Waals surface area contributed by atoms with Crippen molar-refractivity contribution >= 4 is 38.6 Å². The maximum Gasteiger partial charge on any atom is 0.335 e. The normalized spacial score (nSPS) is 16.6. The maximum absolute atomic E-state index is 13.3. The highest BCUT2D eigenvalue weighted by molar-refractivity contribution is 7.89. The Morgan fingerprint density at radius 1 is 1.08 bits per heavy atom. The fourth-order valence-electron chi connectivity index (χ4n) is 4.62. The number of hydrogen-bond donors (Lipinski definition) is 5. The van der Waals surface area contributed by atoms with Gasteiger partial charge in [-0.3, -0.25) is 10.2 Å². The molecule has 0 spiro atoms. The van der Waals surface area contributed by atoms with E-state index in [9.17, 15) is 18.0 Å². The van der Waals surface area contributed by atoms with Crippen molar-refractivity contribution < 1.29 is 23.1 Å². The van der Waals surface area contributed by atoms with Gasteiger partial charge in [-0.1, -0.05) is 42.5 Å². The number of likely N-dealkylation sites (tertiary alicyclic amines) is 1. The number of amides is 1. The van der Waals surface area contributed by atoms with Crippen molar-refractivity contribution in [2.45, 2.75) is 30.2 Å². The van der Waals surface area contributed by atoms with Crippen LogP contribution in [0, 0.1) is 11.3 Å². The van der Waals surface area contributed by atoms with E-state index in [4.69, 9.17) is 16.2 Å². The minimum Gasteiger partial charge on any atom is -0.478 e. The van der Waals surface area contributed by atoms with E-state index in [1.54, 1.807) is 29.2 Å². The van der Waals surface area contributed by atoms with Crippen LogP contribution in [0.4, 0.5) is 0 Å². The second-order valence-corrected chi connectivity index (χ2v) is 11.2. The summed E-state index contributed by atoms with van der Waals surface area (Å²) in [6, 6.07) is 17.0. The van der Waals surface area contributed by atoms with Gasteiger partial charge in [0.2, 0.25) is 15.9 Å². The Kier molecular flexibility index (Phi) is 8.28. The molecule has 10 nitrogen and oxygen atoms in total. The summed E-state index contributed by atoms with van der Waals surface area (Å²) < 4.78 is 29.2. The predicted octanol–water partition coefficient (Wildman–Crippen LogP) is 2.15. The summed E-state index contributed by atoms with van der Waals surface area (Å²) in [7, 11) is -4.06. The molecule has 0 bridgehead atoms. The molecule has 0 aromatic heterocycles. The number of fused-ring (bicyclic) bond motifs is 1. The van der Waals surface area contributed by atoms with Gasteiger partial charge in [0.05, 0.1) is 10.5 Å². The van der Waals surface area contributed by atoms with Crippen LogP contribution in [0.5, 0.6) is 0 Å². The van der Waals surface area contributed by atoms with Crippen LogP contribution in [0.25, 0.3) is 10.8 Å². The number of aromatic carboxylic acids is 1. The van der Waals surface area contributed by atoms with Crippen LogP contribution >= 0.6 is 0 Å². The van der Waals surface area contributed by atoms with Crippen LogP contribution in [0.15, 0.2) is 71.6 Å². The number of guanidine groups is 1. The molecule has 1 aliphatic heterocycles. The zero-order chi connectivity index (χ0) is 27.3. The van der Waals surface area contributed by atoms with E-state index in [0.717, 1.165) is 23.6 Å². The molecule has 0 radical (unpaired) electrons. The fraction of sp³-hybridized carbons (Fsp3) is 0.296. The fourth-order valence-corrected chi connectivity index (χ4v) is 5.85. The first kappa shape index (κ1) is 27.1. The predicted molar refractivity (Wildman–Crippen MR) is 144 cm³/mol. The van der Waals surface area contributed by atoms with Gasteiger partial charge in [-0.2, -0.15) is 4.72 Å². The van der Waals surface area contributed by atoms with E-state index in [-0.39, 0.29) is 28.8 Å². The summed E-state index contributed by atoms with van der Waals surface area (Å²) in [5, 5.41) is 21.3. The number of sulfonamides is 1. The van der Waals surface area contributed by atoms with Crippen LogP contribution in [0.2, 0.25) is 0 Å². The van der Waals surface area contributed by atoms with Gasteiger partial charge in [0.25, 0.3) is 0 Å². The average Bonchev–Trinajstić information content (AvgIpc) is 2.91. The van der Waals surface area contributed by atoms with Crippen molar-refractivity contribution in [3.05, 3.63) is 77.9 Å². The van der Waals surface area contributed by atoms with Gasteiger partial charge in [0.1, 0.15) is 6.04 Å². The highest BCUT2D eigenvalue weighted by Gasteiger charge is 2.28. The third-order valence-corrected chi connectivity index (χ3v) is 8.18. The standard InChI is InChI=1S/C27H31N5O5S/c28-27(29)32-13-3-4-19(17-32)16-30-25(33)24(14-18-7-9-21(10-8-18)26(34)35)31-38(36,37)23-12-11-20-5-1-2-6-22(20)15-23/h1-2,5-12,15,19,24,31H,3-4,13-14,16-17H2,(H3,28,29)(H,30,33)(H,34,35)/t19-,24?/m0/s1. The van der Waals surface area contributed by atoms with Crippen molar-refractivity contribution in [1.29, 1.82) is 5.41 Å². The van der Waals surface area contributed by atoms with Gasteiger partial charge in [-0.25, -0.2) is 13.2 Å². The summed E-state index contributed by atoms with van der Waals surface area (Å²) in [5.41, 5.74) is 6.32. The summed E-state index contributed by atoms with van der Waals surface area (Å²) in [5.74, 6) is -1.50. The number of piperidine rings is 1. The molecule has 6 N–H and O–H groups in total. The second kappa shape index (κ2) is 11.6. The van der Waals surface area contributed by atoms with Crippen LogP contribution in [-0.2, 0) is 21.2 Å². The van der Waals surface area contributed by atoms with E-state index in [0.29, 0.717) is 25.2 Å². The number of carbonyl (C=O) groups excluding carboxylic acids is 1. The topological polar surface area (TPSA) is 166 Å². The molecule has 38 heavy (non-hydrogen) atoms. The summed E-state index contributed by atoms with van der Waals surface area (Å²) in [4.78, 5) is 26.3. The number of carboxylic acids is 1. The Labute approximate surface area is 221 Å². The highest BCUT2D eigenvalue weighted by Crippen LogP contribution is 2.20. The van der Waals surface area contributed by atoms with Crippen molar-refractivity contribution in [3.8, 4) is 0 Å². The zero-order valence-corrected chi connectivity index (χ0v) is 21.6. The van der Waals surface area contributed by atoms with Crippen LogP contribution in [0.3, 0.4) is 0 Å². The molecule has 0 saturated carbocycles. The first-order valence-corrected chi connectivity index (χ1v) is 13.8. The molecule has 11 heteroatoms. The van der Waals surface area contributed by atoms with Crippen LogP contribution in [-0.4, -0.2) is 61.9 Å². The molecular weight excluding hydrogens is 506 g/mol. The zero-order valence-electron chi connectivity index (χ0n) is 20.8. The molecule has 200 valence electrons. The Morgan fingerprint density at radius 3 is 2.47 bits per heavy atom. The molecule has 1 amide bonds. The van der Waals surface area contributed by atoms with Crippen LogP contribution < -0.4 is 15.8 Å². The number of nitrogens with one attached hydrogen (secondary N) is 3. The molecule has 1 unspecified atom stereocenters. The molecule has 1 fully saturated rings. The number of rotatable bonds is 9. The molecule has 1 heterocycles. The van der Waals surface area contributed by atoms with Crippen molar-refractivity contribution in [3.63, 3.8) is 0 Å². The minimum atomic E-state index is -4.06. The van der Waals surface area contributed by atoms with Gasteiger partial charge in [0.15, 0.2) is 5.96 Å². The number of carbonyl (C=O) groups is 2. The van der Waals surface area contributed by atoms with Crippen LogP contribution in [0.1, 0.15) is 28.8 Å². The molecule has 1 aliphatic rings. The lowest BCUT2D eigenvalue weighted by Gasteiger charge is -2.33. The maximum atomic E-state index is 13.3.